The van der Waals surface area contributed by atoms with Crippen LogP contribution < -0.4 is 5.73 Å². The summed E-state index contributed by atoms with van der Waals surface area (Å²) in [4.78, 5) is 23.8. The number of nitro groups is 1. The van der Waals surface area contributed by atoms with Gasteiger partial charge in [-0.1, -0.05) is 11.6 Å². The smallest absolute Gasteiger partial charge is 0.304 e. The Morgan fingerprint density at radius 2 is 2.33 bits per heavy atom. The first kappa shape index (κ1) is 10.9. The summed E-state index contributed by atoms with van der Waals surface area (Å²) < 4.78 is 0. The van der Waals surface area contributed by atoms with Gasteiger partial charge in [-0.3, -0.25) is 14.9 Å². The molecule has 0 bridgehead atoms. The predicted octanol–water partition coefficient (Wildman–Crippen LogP) is 0.480. The van der Waals surface area contributed by atoms with E-state index in [2.05, 4.69) is 10.9 Å². The second-order valence-corrected chi connectivity index (χ2v) is 2.83. The van der Waals surface area contributed by atoms with Crippen LogP contribution in [0.25, 0.3) is 0 Å². The molecule has 1 aromatic rings. The number of carbonyl (C=O) groups is 1. The maximum Gasteiger partial charge on any atom is 0.304 e. The van der Waals surface area contributed by atoms with Gasteiger partial charge in [0.25, 0.3) is 5.91 Å². The molecular weight excluding hydrogens is 222 g/mol. The molecule has 0 radical (unpaired) electrons. The maximum absolute atomic E-state index is 10.5. The van der Waals surface area contributed by atoms with Crippen molar-refractivity contribution in [2.24, 2.45) is 5.73 Å². The van der Waals surface area contributed by atoms with Crippen LogP contribution >= 0.6 is 11.6 Å². The molecule has 0 atom stereocenters. The summed E-state index contributed by atoms with van der Waals surface area (Å²) in [5.74, 6) is 3.25. The normalized spacial score (nSPS) is 8.87. The van der Waals surface area contributed by atoms with Crippen LogP contribution in [0.2, 0.25) is 5.02 Å². The van der Waals surface area contributed by atoms with Crippen molar-refractivity contribution >= 4 is 23.2 Å². The molecule has 15 heavy (non-hydrogen) atoms. The van der Waals surface area contributed by atoms with Gasteiger partial charge >= 0.3 is 5.69 Å². The third-order valence-electron chi connectivity index (χ3n) is 1.34. The van der Waals surface area contributed by atoms with E-state index < -0.39 is 10.8 Å². The Kier molecular flexibility index (Phi) is 3.21. The van der Waals surface area contributed by atoms with E-state index in [0.29, 0.717) is 0 Å². The minimum absolute atomic E-state index is 0.117. The average Bonchev–Trinajstić information content (AvgIpc) is 2.15. The number of primary amides is 1. The van der Waals surface area contributed by atoms with E-state index in [1.54, 1.807) is 0 Å². The minimum Gasteiger partial charge on any atom is -0.359 e. The third-order valence-corrected chi connectivity index (χ3v) is 1.54. The number of aromatic nitrogens is 1. The highest BCUT2D eigenvalue weighted by atomic mass is 35.5. The number of nitrogens with zero attached hydrogens (tertiary/aromatic N) is 2. The van der Waals surface area contributed by atoms with Crippen LogP contribution in [-0.4, -0.2) is 15.8 Å². The van der Waals surface area contributed by atoms with Crippen molar-refractivity contribution in [2.45, 2.75) is 0 Å². The molecular formula is C8H4ClN3O3. The lowest BCUT2D eigenvalue weighted by molar-refractivity contribution is -0.385. The fourth-order valence-electron chi connectivity index (χ4n) is 0.785. The number of nitrogens with two attached hydrogens (primary N) is 1. The maximum atomic E-state index is 10.5. The molecule has 0 aliphatic carbocycles. The van der Waals surface area contributed by atoms with E-state index in [4.69, 9.17) is 17.3 Å². The Bertz CT molecular complexity index is 490. The van der Waals surface area contributed by atoms with Gasteiger partial charge < -0.3 is 5.73 Å². The first-order valence-electron chi connectivity index (χ1n) is 3.62. The lowest BCUT2D eigenvalue weighted by atomic mass is 10.3. The minimum atomic E-state index is -0.888. The fraction of sp³-hybridized carbons (Fsp3) is 0. The molecule has 2 N–H and O–H groups in total. The average molecular weight is 226 g/mol. The zero-order valence-electron chi connectivity index (χ0n) is 7.23. The van der Waals surface area contributed by atoms with Crippen molar-refractivity contribution in [2.75, 3.05) is 0 Å². The summed E-state index contributed by atoms with van der Waals surface area (Å²) in [5.41, 5.74) is 4.25. The molecule has 0 saturated heterocycles. The number of hydrogen-bond acceptors (Lipinski definition) is 4. The van der Waals surface area contributed by atoms with Crippen LogP contribution in [0.15, 0.2) is 12.3 Å². The van der Waals surface area contributed by atoms with Gasteiger partial charge in [0, 0.05) is 18.2 Å². The van der Waals surface area contributed by atoms with Crippen molar-refractivity contribution in [3.05, 3.63) is 33.1 Å². The number of halogens is 1. The van der Waals surface area contributed by atoms with Crippen molar-refractivity contribution in [1.29, 1.82) is 0 Å². The largest absolute Gasteiger partial charge is 0.359 e. The summed E-state index contributed by atoms with van der Waals surface area (Å²) >= 11 is 5.52. The summed E-state index contributed by atoms with van der Waals surface area (Å²) in [6, 6.07) is 1.10. The Balaban J connectivity index is 3.25. The van der Waals surface area contributed by atoms with Gasteiger partial charge in [0.15, 0.2) is 5.69 Å². The molecule has 0 aliphatic rings. The molecule has 1 rings (SSSR count). The molecule has 6 nitrogen and oxygen atoms in total. The zero-order valence-corrected chi connectivity index (χ0v) is 7.99. The topological polar surface area (TPSA) is 99.1 Å². The van der Waals surface area contributed by atoms with Crippen molar-refractivity contribution < 1.29 is 9.72 Å². The highest BCUT2D eigenvalue weighted by Gasteiger charge is 2.13. The molecule has 7 heteroatoms. The monoisotopic (exact) mass is 225 g/mol. The summed E-state index contributed by atoms with van der Waals surface area (Å²) in [7, 11) is 0. The van der Waals surface area contributed by atoms with E-state index in [1.165, 1.54) is 6.20 Å². The van der Waals surface area contributed by atoms with E-state index >= 15 is 0 Å². The van der Waals surface area contributed by atoms with Gasteiger partial charge in [-0.2, -0.15) is 0 Å². The third kappa shape index (κ3) is 2.93. The van der Waals surface area contributed by atoms with Crippen molar-refractivity contribution in [3.8, 4) is 11.8 Å². The Morgan fingerprint density at radius 1 is 1.67 bits per heavy atom. The van der Waals surface area contributed by atoms with E-state index in [0.717, 1.165) is 6.07 Å². The van der Waals surface area contributed by atoms with Gasteiger partial charge in [-0.25, -0.2) is 4.98 Å². The van der Waals surface area contributed by atoms with Gasteiger partial charge in [-0.15, -0.1) is 0 Å². The SMILES string of the molecule is NC(=O)C#Cc1ncc(Cl)cc1[N+](=O)[O-]. The predicted molar refractivity (Wildman–Crippen MR) is 52.0 cm³/mol. The zero-order chi connectivity index (χ0) is 11.4. The number of rotatable bonds is 1. The second kappa shape index (κ2) is 4.39. The lowest BCUT2D eigenvalue weighted by Crippen LogP contribution is -2.06. The molecule has 1 amide bonds. The highest BCUT2D eigenvalue weighted by Crippen LogP contribution is 2.19. The molecule has 1 heterocycles. The number of amides is 1. The molecule has 0 spiro atoms. The molecule has 0 aromatic carbocycles. The molecule has 0 unspecified atom stereocenters. The van der Waals surface area contributed by atoms with Crippen LogP contribution in [0, 0.1) is 22.0 Å². The summed E-state index contributed by atoms with van der Waals surface area (Å²) in [6.07, 6.45) is 1.19. The second-order valence-electron chi connectivity index (χ2n) is 2.39. The highest BCUT2D eigenvalue weighted by molar-refractivity contribution is 6.30. The Morgan fingerprint density at radius 3 is 2.87 bits per heavy atom. The molecule has 76 valence electrons. The van der Waals surface area contributed by atoms with Crippen LogP contribution in [0.5, 0.6) is 0 Å². The molecule has 1 aromatic heterocycles. The lowest BCUT2D eigenvalue weighted by Gasteiger charge is -1.94. The molecule has 0 aliphatic heterocycles. The van der Waals surface area contributed by atoms with Gasteiger partial charge in [0.1, 0.15) is 0 Å². The van der Waals surface area contributed by atoms with Crippen molar-refractivity contribution in [3.63, 3.8) is 0 Å². The van der Waals surface area contributed by atoms with E-state index in [9.17, 15) is 14.9 Å². The quantitative estimate of drug-likeness (QED) is 0.427. The summed E-state index contributed by atoms with van der Waals surface area (Å²) in [6.45, 7) is 0. The van der Waals surface area contributed by atoms with Crippen molar-refractivity contribution in [1.82, 2.24) is 4.98 Å². The van der Waals surface area contributed by atoms with Gasteiger partial charge in [0.2, 0.25) is 0 Å². The van der Waals surface area contributed by atoms with E-state index in [-0.39, 0.29) is 16.4 Å². The Hall–Kier alpha value is -2.13. The van der Waals surface area contributed by atoms with Crippen LogP contribution in [-0.2, 0) is 4.79 Å². The van der Waals surface area contributed by atoms with Crippen LogP contribution in [0.1, 0.15) is 5.69 Å². The number of hydrogen-bond donors (Lipinski definition) is 1. The number of carbonyl (C=O) groups excluding carboxylic acids is 1. The molecule has 0 saturated carbocycles. The van der Waals surface area contributed by atoms with Gasteiger partial charge in [0.05, 0.1) is 9.95 Å². The number of pyridine rings is 1. The first-order valence-corrected chi connectivity index (χ1v) is 4.00. The van der Waals surface area contributed by atoms with Crippen LogP contribution in [0.4, 0.5) is 5.69 Å². The van der Waals surface area contributed by atoms with Crippen LogP contribution in [0.3, 0.4) is 0 Å². The van der Waals surface area contributed by atoms with E-state index in [1.807, 2.05) is 5.92 Å². The Labute approximate surface area is 89.2 Å². The summed E-state index contributed by atoms with van der Waals surface area (Å²) in [5, 5.41) is 10.7. The fourth-order valence-corrected chi connectivity index (χ4v) is 0.937. The standard InChI is InChI=1S/C8H4ClN3O3/c9-5-3-7(12(14)15)6(11-4-5)1-2-8(10)13/h3-4H,(H2,10,13). The molecule has 0 fully saturated rings. The van der Waals surface area contributed by atoms with Gasteiger partial charge in [-0.05, 0) is 5.92 Å². The first-order chi connectivity index (χ1) is 7.00.